The summed E-state index contributed by atoms with van der Waals surface area (Å²) in [5.74, 6) is 1.68. The van der Waals surface area contributed by atoms with Crippen molar-refractivity contribution < 1.29 is 4.74 Å². The largest absolute Gasteiger partial charge is 0.489 e. The molecule has 29 heavy (non-hydrogen) atoms. The third-order valence-electron chi connectivity index (χ3n) is 4.27. The van der Waals surface area contributed by atoms with Gasteiger partial charge in [-0.3, -0.25) is 0 Å². The Kier molecular flexibility index (Phi) is 9.24. The Morgan fingerprint density at radius 2 is 2.07 bits per heavy atom. The van der Waals surface area contributed by atoms with Crippen molar-refractivity contribution in [2.24, 2.45) is 4.99 Å². The van der Waals surface area contributed by atoms with Gasteiger partial charge in [-0.1, -0.05) is 18.2 Å². The molecule has 0 spiro atoms. The molecule has 0 fully saturated rings. The van der Waals surface area contributed by atoms with Gasteiger partial charge in [-0.05, 0) is 50.6 Å². The minimum Gasteiger partial charge on any atom is -0.489 e. The maximum absolute atomic E-state index is 5.96. The lowest BCUT2D eigenvalue weighted by atomic mass is 10.2. The first-order valence-electron chi connectivity index (χ1n) is 9.82. The van der Waals surface area contributed by atoms with E-state index in [0.29, 0.717) is 6.54 Å². The van der Waals surface area contributed by atoms with Crippen LogP contribution in [0.4, 0.5) is 0 Å². The van der Waals surface area contributed by atoms with E-state index in [0.717, 1.165) is 42.6 Å². The van der Waals surface area contributed by atoms with Crippen molar-refractivity contribution >= 4 is 35.6 Å². The molecule has 0 aliphatic carbocycles. The summed E-state index contributed by atoms with van der Waals surface area (Å²) < 4.78 is 8.00. The highest BCUT2D eigenvalue weighted by molar-refractivity contribution is 14.0. The number of hydrogen-bond donors (Lipinski definition) is 2. The Hall–Kier alpha value is -2.29. The molecule has 156 valence electrons. The van der Waals surface area contributed by atoms with E-state index in [2.05, 4.69) is 46.7 Å². The molecule has 1 atom stereocenters. The number of guanidine groups is 1. The average molecular weight is 507 g/mol. The van der Waals surface area contributed by atoms with E-state index in [1.54, 1.807) is 0 Å². The van der Waals surface area contributed by atoms with Gasteiger partial charge in [-0.25, -0.2) is 9.98 Å². The van der Waals surface area contributed by atoms with Gasteiger partial charge >= 0.3 is 0 Å². The highest BCUT2D eigenvalue weighted by Crippen LogP contribution is 2.14. The third kappa shape index (κ3) is 7.23. The predicted octanol–water partition coefficient (Wildman–Crippen LogP) is 3.83. The zero-order valence-corrected chi connectivity index (χ0v) is 19.6. The zero-order valence-electron chi connectivity index (χ0n) is 17.3. The summed E-state index contributed by atoms with van der Waals surface area (Å²) in [6.07, 6.45) is 4.91. The summed E-state index contributed by atoms with van der Waals surface area (Å²) >= 11 is 0. The molecule has 0 saturated heterocycles. The lowest BCUT2D eigenvalue weighted by molar-refractivity contribution is 0.230. The molecule has 3 aromatic rings. The van der Waals surface area contributed by atoms with Crippen LogP contribution in [0.1, 0.15) is 25.1 Å². The first-order valence-corrected chi connectivity index (χ1v) is 9.82. The van der Waals surface area contributed by atoms with Gasteiger partial charge in [0, 0.05) is 31.9 Å². The molecule has 2 aromatic heterocycles. The lowest BCUT2D eigenvalue weighted by Gasteiger charge is -2.15. The predicted molar refractivity (Wildman–Crippen MR) is 130 cm³/mol. The number of nitrogens with one attached hydrogen (secondary N) is 2. The normalized spacial score (nSPS) is 12.3. The number of pyridine rings is 1. The van der Waals surface area contributed by atoms with Gasteiger partial charge in [0.25, 0.3) is 0 Å². The van der Waals surface area contributed by atoms with E-state index in [4.69, 9.17) is 4.74 Å². The van der Waals surface area contributed by atoms with Crippen molar-refractivity contribution in [3.05, 3.63) is 66.1 Å². The molecular formula is C22H30IN5O. The van der Waals surface area contributed by atoms with E-state index in [1.165, 1.54) is 5.56 Å². The van der Waals surface area contributed by atoms with Crippen LogP contribution in [0.2, 0.25) is 0 Å². The summed E-state index contributed by atoms with van der Waals surface area (Å²) in [6, 6.07) is 14.1. The van der Waals surface area contributed by atoms with Crippen molar-refractivity contribution in [2.45, 2.75) is 33.3 Å². The summed E-state index contributed by atoms with van der Waals surface area (Å²) in [7, 11) is 0. The molecule has 1 aromatic carbocycles. The summed E-state index contributed by atoms with van der Waals surface area (Å²) in [6.45, 7) is 8.32. The van der Waals surface area contributed by atoms with Crippen molar-refractivity contribution in [1.82, 2.24) is 20.0 Å². The van der Waals surface area contributed by atoms with E-state index in [-0.39, 0.29) is 30.1 Å². The van der Waals surface area contributed by atoms with Crippen LogP contribution in [0.15, 0.2) is 59.9 Å². The standard InChI is InChI=1S/C22H29N5O.HI/c1-4-23-22(25-15-18(3)28-20-9-7-8-17(2)14-20)24-12-11-19-16-27-13-6-5-10-21(27)26-19;/h5-10,13-14,16,18H,4,11-12,15H2,1-3H3,(H2,23,24,25);1H. The molecule has 0 aliphatic heterocycles. The van der Waals surface area contributed by atoms with Crippen LogP contribution >= 0.6 is 24.0 Å². The zero-order chi connectivity index (χ0) is 19.8. The van der Waals surface area contributed by atoms with Crippen molar-refractivity contribution in [3.8, 4) is 5.75 Å². The van der Waals surface area contributed by atoms with Crippen molar-refractivity contribution in [2.75, 3.05) is 19.6 Å². The van der Waals surface area contributed by atoms with E-state index >= 15 is 0 Å². The van der Waals surface area contributed by atoms with E-state index in [1.807, 2.05) is 53.9 Å². The van der Waals surface area contributed by atoms with Crippen LogP contribution in [-0.4, -0.2) is 41.1 Å². The second kappa shape index (κ2) is 11.6. The van der Waals surface area contributed by atoms with Gasteiger partial charge in [-0.2, -0.15) is 0 Å². The smallest absolute Gasteiger partial charge is 0.191 e. The Bertz CT molecular complexity index is 891. The molecule has 3 rings (SSSR count). The number of hydrogen-bond acceptors (Lipinski definition) is 3. The first-order chi connectivity index (χ1) is 13.6. The molecule has 0 bridgehead atoms. The fourth-order valence-corrected chi connectivity index (χ4v) is 2.94. The van der Waals surface area contributed by atoms with Crippen molar-refractivity contribution in [1.29, 1.82) is 0 Å². The number of nitrogens with zero attached hydrogens (tertiary/aromatic N) is 3. The monoisotopic (exact) mass is 507 g/mol. The molecule has 2 N–H and O–H groups in total. The highest BCUT2D eigenvalue weighted by atomic mass is 127. The quantitative estimate of drug-likeness (QED) is 0.277. The minimum absolute atomic E-state index is 0. The average Bonchev–Trinajstić information content (AvgIpc) is 3.09. The number of ether oxygens (including phenoxy) is 1. The first kappa shape index (κ1) is 23.0. The molecule has 0 saturated carbocycles. The molecule has 7 heteroatoms. The number of aryl methyl sites for hydroxylation is 1. The minimum atomic E-state index is -0.00399. The molecule has 2 heterocycles. The Balaban J connectivity index is 0.00000300. The highest BCUT2D eigenvalue weighted by Gasteiger charge is 2.06. The maximum atomic E-state index is 5.96. The van der Waals surface area contributed by atoms with E-state index < -0.39 is 0 Å². The van der Waals surface area contributed by atoms with Gasteiger partial charge in [0.15, 0.2) is 5.96 Å². The second-order valence-corrected chi connectivity index (χ2v) is 6.84. The Morgan fingerprint density at radius 3 is 2.83 bits per heavy atom. The van der Waals surface area contributed by atoms with Crippen LogP contribution in [0, 0.1) is 6.92 Å². The second-order valence-electron chi connectivity index (χ2n) is 6.84. The summed E-state index contributed by atoms with van der Waals surface area (Å²) in [5.41, 5.74) is 3.22. The van der Waals surface area contributed by atoms with Gasteiger partial charge in [0.05, 0.1) is 12.2 Å². The molecule has 0 amide bonds. The molecule has 1 unspecified atom stereocenters. The van der Waals surface area contributed by atoms with Gasteiger partial charge < -0.3 is 19.8 Å². The van der Waals surface area contributed by atoms with Gasteiger partial charge in [0.1, 0.15) is 17.5 Å². The Labute approximate surface area is 189 Å². The lowest BCUT2D eigenvalue weighted by Crippen LogP contribution is -2.39. The van der Waals surface area contributed by atoms with Gasteiger partial charge in [0.2, 0.25) is 0 Å². The Morgan fingerprint density at radius 1 is 1.21 bits per heavy atom. The van der Waals surface area contributed by atoms with Crippen LogP contribution in [0.25, 0.3) is 5.65 Å². The molecule has 0 radical (unpaired) electrons. The van der Waals surface area contributed by atoms with Gasteiger partial charge in [-0.15, -0.1) is 24.0 Å². The number of aromatic nitrogens is 2. The number of aliphatic imine (C=N–C) groups is 1. The summed E-state index contributed by atoms with van der Waals surface area (Å²) in [5, 5.41) is 6.66. The number of imidazole rings is 1. The molecule has 6 nitrogen and oxygen atoms in total. The number of rotatable bonds is 8. The molecule has 0 aliphatic rings. The number of benzene rings is 1. The van der Waals surface area contributed by atoms with Crippen LogP contribution in [0.5, 0.6) is 5.75 Å². The summed E-state index contributed by atoms with van der Waals surface area (Å²) in [4.78, 5) is 9.28. The maximum Gasteiger partial charge on any atom is 0.191 e. The number of halogens is 1. The number of fused-ring (bicyclic) bond motifs is 1. The fourth-order valence-electron chi connectivity index (χ4n) is 2.94. The van der Waals surface area contributed by atoms with Crippen LogP contribution < -0.4 is 15.4 Å². The third-order valence-corrected chi connectivity index (χ3v) is 4.27. The van der Waals surface area contributed by atoms with E-state index in [9.17, 15) is 0 Å². The van der Waals surface area contributed by atoms with Crippen LogP contribution in [0.3, 0.4) is 0 Å². The SMILES string of the molecule is CCNC(=NCC(C)Oc1cccc(C)c1)NCCc1cn2ccccc2n1.I. The van der Waals surface area contributed by atoms with Crippen LogP contribution in [-0.2, 0) is 6.42 Å². The topological polar surface area (TPSA) is 63.0 Å². The molecular weight excluding hydrogens is 477 g/mol. The van der Waals surface area contributed by atoms with Crippen molar-refractivity contribution in [3.63, 3.8) is 0 Å². The fraction of sp³-hybridized carbons (Fsp3) is 0.364.